The predicted octanol–water partition coefficient (Wildman–Crippen LogP) is 3.62. The quantitative estimate of drug-likeness (QED) is 0.830. The molecule has 1 N–H and O–H groups in total. The van der Waals surface area contributed by atoms with Crippen LogP contribution in [0.3, 0.4) is 0 Å². The summed E-state index contributed by atoms with van der Waals surface area (Å²) in [5, 5.41) is 8.72. The van der Waals surface area contributed by atoms with E-state index in [4.69, 9.17) is 9.84 Å². The van der Waals surface area contributed by atoms with Crippen molar-refractivity contribution >= 4 is 11.9 Å². The van der Waals surface area contributed by atoms with Crippen LogP contribution in [-0.4, -0.2) is 30.8 Å². The van der Waals surface area contributed by atoms with E-state index in [1.54, 1.807) is 0 Å². The van der Waals surface area contributed by atoms with Gasteiger partial charge in [0.1, 0.15) is 5.75 Å². The Kier molecular flexibility index (Phi) is 5.31. The van der Waals surface area contributed by atoms with Gasteiger partial charge in [0.05, 0.1) is 18.2 Å². The number of carbonyl (C=O) groups excluding carboxylic acids is 1. The molecular weight excluding hydrogens is 341 g/mol. The number of carbonyl (C=O) groups is 2. The molecule has 5 nitrogen and oxygen atoms in total. The lowest BCUT2D eigenvalue weighted by Crippen LogP contribution is -2.12. The lowest BCUT2D eigenvalue weighted by molar-refractivity contribution is -0.140. The molecule has 8 heteroatoms. The number of methoxy groups -OCH3 is 1. The number of rotatable bonds is 5. The first-order valence-electron chi connectivity index (χ1n) is 6.97. The smallest absolute Gasteiger partial charge is 0.416 e. The minimum absolute atomic E-state index is 0.0319. The van der Waals surface area contributed by atoms with Crippen molar-refractivity contribution < 1.29 is 37.3 Å². The molecule has 0 aromatic heterocycles. The maximum Gasteiger partial charge on any atom is 0.416 e. The van der Waals surface area contributed by atoms with Crippen molar-refractivity contribution in [1.29, 1.82) is 0 Å². The molecule has 132 valence electrons. The van der Waals surface area contributed by atoms with Crippen LogP contribution in [0, 0.1) is 0 Å². The third-order valence-corrected chi connectivity index (χ3v) is 3.28. The molecule has 0 bridgehead atoms. The summed E-state index contributed by atoms with van der Waals surface area (Å²) in [6.07, 6.45) is -4.61. The molecule has 2 rings (SSSR count). The highest BCUT2D eigenvalue weighted by atomic mass is 19.4. The summed E-state index contributed by atoms with van der Waals surface area (Å²) in [5.74, 6) is -2.11. The fraction of sp³-hybridized carbons (Fsp3) is 0.176. The number of carboxylic acid groups (broad SMARTS) is 1. The summed E-state index contributed by atoms with van der Waals surface area (Å²) in [5.41, 5.74) is -0.841. The number of esters is 1. The van der Waals surface area contributed by atoms with Gasteiger partial charge < -0.3 is 14.6 Å². The van der Waals surface area contributed by atoms with Crippen molar-refractivity contribution in [3.8, 4) is 16.9 Å². The Bertz CT molecular complexity index is 799. The number of hydrogen-bond donors (Lipinski definition) is 1. The largest absolute Gasteiger partial charge is 0.481 e. The second kappa shape index (κ2) is 7.25. The van der Waals surface area contributed by atoms with Gasteiger partial charge in [-0.25, -0.2) is 9.59 Å². The van der Waals surface area contributed by atoms with Crippen molar-refractivity contribution in [2.45, 2.75) is 6.18 Å². The summed E-state index contributed by atoms with van der Waals surface area (Å²) in [6.45, 7) is -0.737. The van der Waals surface area contributed by atoms with Gasteiger partial charge >= 0.3 is 18.1 Å². The van der Waals surface area contributed by atoms with Crippen LogP contribution in [0.15, 0.2) is 42.5 Å². The Morgan fingerprint density at radius 2 is 1.76 bits per heavy atom. The molecule has 0 unspecified atom stereocenters. The first kappa shape index (κ1) is 18.3. The Morgan fingerprint density at radius 1 is 1.08 bits per heavy atom. The molecule has 0 radical (unpaired) electrons. The molecule has 0 saturated carbocycles. The maximum atomic E-state index is 13.0. The van der Waals surface area contributed by atoms with Crippen LogP contribution >= 0.6 is 0 Å². The van der Waals surface area contributed by atoms with Crippen LogP contribution in [0.4, 0.5) is 13.2 Å². The van der Waals surface area contributed by atoms with E-state index in [-0.39, 0.29) is 22.4 Å². The highest BCUT2D eigenvalue weighted by Crippen LogP contribution is 2.38. The number of hydrogen-bond acceptors (Lipinski definition) is 4. The molecule has 0 aliphatic heterocycles. The second-order valence-electron chi connectivity index (χ2n) is 4.93. The molecule has 0 aliphatic carbocycles. The van der Waals surface area contributed by atoms with Crippen LogP contribution in [0.1, 0.15) is 15.9 Å². The van der Waals surface area contributed by atoms with Gasteiger partial charge in [0.2, 0.25) is 0 Å². The first-order chi connectivity index (χ1) is 11.7. The van der Waals surface area contributed by atoms with Crippen molar-refractivity contribution in [2.24, 2.45) is 0 Å². The predicted molar refractivity (Wildman–Crippen MR) is 81.4 cm³/mol. The van der Waals surface area contributed by atoms with Crippen molar-refractivity contribution in [1.82, 2.24) is 0 Å². The fourth-order valence-electron chi connectivity index (χ4n) is 2.19. The van der Waals surface area contributed by atoms with Gasteiger partial charge in [0, 0.05) is 5.56 Å². The van der Waals surface area contributed by atoms with Gasteiger partial charge in [-0.05, 0) is 29.8 Å². The van der Waals surface area contributed by atoms with Crippen molar-refractivity contribution in [3.63, 3.8) is 0 Å². The number of aliphatic carboxylic acids is 1. The second-order valence-corrected chi connectivity index (χ2v) is 4.93. The lowest BCUT2D eigenvalue weighted by atomic mass is 9.97. The summed E-state index contributed by atoms with van der Waals surface area (Å²) >= 11 is 0. The molecule has 0 aliphatic rings. The van der Waals surface area contributed by atoms with Gasteiger partial charge in [-0.1, -0.05) is 18.2 Å². The molecule has 0 spiro atoms. The molecular formula is C17H13F3O5. The zero-order chi connectivity index (χ0) is 18.6. The van der Waals surface area contributed by atoms with E-state index in [1.165, 1.54) is 24.3 Å². The summed E-state index contributed by atoms with van der Waals surface area (Å²) in [6, 6.07) is 8.48. The van der Waals surface area contributed by atoms with Crippen LogP contribution < -0.4 is 4.74 Å². The molecule has 0 heterocycles. The monoisotopic (exact) mass is 354 g/mol. The summed E-state index contributed by atoms with van der Waals surface area (Å²) in [4.78, 5) is 22.6. The SMILES string of the molecule is COC(=O)c1ccccc1-c1cc(C(F)(F)F)ccc1OCC(=O)O. The fourth-order valence-corrected chi connectivity index (χ4v) is 2.19. The molecule has 0 saturated heterocycles. The highest BCUT2D eigenvalue weighted by molar-refractivity contribution is 5.98. The minimum atomic E-state index is -4.61. The Hall–Kier alpha value is -3.03. The van der Waals surface area contributed by atoms with Gasteiger partial charge in [0.25, 0.3) is 0 Å². The van der Waals surface area contributed by atoms with Crippen LogP contribution in [0.25, 0.3) is 11.1 Å². The van der Waals surface area contributed by atoms with Crippen molar-refractivity contribution in [2.75, 3.05) is 13.7 Å². The third-order valence-electron chi connectivity index (χ3n) is 3.28. The van der Waals surface area contributed by atoms with Crippen LogP contribution in [0.2, 0.25) is 0 Å². The number of alkyl halides is 3. The Balaban J connectivity index is 2.64. The molecule has 0 amide bonds. The van der Waals surface area contributed by atoms with E-state index >= 15 is 0 Å². The van der Waals surface area contributed by atoms with E-state index < -0.39 is 30.3 Å². The number of halogens is 3. The maximum absolute atomic E-state index is 13.0. The van der Waals surface area contributed by atoms with Crippen molar-refractivity contribution in [3.05, 3.63) is 53.6 Å². The first-order valence-corrected chi connectivity index (χ1v) is 6.97. The van der Waals surface area contributed by atoms with Gasteiger partial charge in [-0.3, -0.25) is 0 Å². The lowest BCUT2D eigenvalue weighted by Gasteiger charge is -2.16. The molecule has 25 heavy (non-hydrogen) atoms. The standard InChI is InChI=1S/C17H13F3O5/c1-24-16(23)12-5-3-2-4-11(12)13-8-10(17(18,19)20)6-7-14(13)25-9-15(21)22/h2-8H,9H2,1H3,(H,21,22). The zero-order valence-electron chi connectivity index (χ0n) is 13.0. The van der Waals surface area contributed by atoms with Crippen LogP contribution in [-0.2, 0) is 15.7 Å². The van der Waals surface area contributed by atoms with E-state index in [0.717, 1.165) is 25.3 Å². The van der Waals surface area contributed by atoms with Gasteiger partial charge in [0.15, 0.2) is 6.61 Å². The number of ether oxygens (including phenoxy) is 2. The van der Waals surface area contributed by atoms with Crippen LogP contribution in [0.5, 0.6) is 5.75 Å². The number of carboxylic acids is 1. The zero-order valence-corrected chi connectivity index (χ0v) is 13.0. The number of benzene rings is 2. The van der Waals surface area contributed by atoms with E-state index in [1.807, 2.05) is 0 Å². The average molecular weight is 354 g/mol. The van der Waals surface area contributed by atoms with Gasteiger partial charge in [-0.15, -0.1) is 0 Å². The van der Waals surface area contributed by atoms with E-state index in [9.17, 15) is 22.8 Å². The van der Waals surface area contributed by atoms with E-state index in [0.29, 0.717) is 0 Å². The summed E-state index contributed by atoms with van der Waals surface area (Å²) in [7, 11) is 1.15. The normalized spacial score (nSPS) is 11.0. The molecule has 2 aromatic rings. The Labute approximate surface area is 140 Å². The molecule has 0 atom stereocenters. The topological polar surface area (TPSA) is 72.8 Å². The molecule has 0 fully saturated rings. The summed E-state index contributed by atoms with van der Waals surface area (Å²) < 4.78 is 48.8. The minimum Gasteiger partial charge on any atom is -0.481 e. The van der Waals surface area contributed by atoms with Gasteiger partial charge in [-0.2, -0.15) is 13.2 Å². The highest BCUT2D eigenvalue weighted by Gasteiger charge is 2.32. The third kappa shape index (κ3) is 4.28. The average Bonchev–Trinajstić information content (AvgIpc) is 2.58. The van der Waals surface area contributed by atoms with E-state index in [2.05, 4.69) is 4.74 Å². The Morgan fingerprint density at radius 3 is 2.36 bits per heavy atom. The molecule has 2 aromatic carbocycles.